The first-order chi connectivity index (χ1) is 31.7. The van der Waals surface area contributed by atoms with Gasteiger partial charge in [0.1, 0.15) is 0 Å². The quantitative estimate of drug-likeness (QED) is 0.148. The van der Waals surface area contributed by atoms with Crippen molar-refractivity contribution in [3.63, 3.8) is 0 Å². The summed E-state index contributed by atoms with van der Waals surface area (Å²) in [4.78, 5) is 2.45. The van der Waals surface area contributed by atoms with Gasteiger partial charge in [0.2, 0.25) is 0 Å². The third-order valence-electron chi connectivity index (χ3n) is 13.3. The van der Waals surface area contributed by atoms with Crippen LogP contribution in [0.2, 0.25) is 0 Å². The van der Waals surface area contributed by atoms with Crippen molar-refractivity contribution in [2.45, 2.75) is 5.41 Å². The van der Waals surface area contributed by atoms with Crippen LogP contribution in [0.25, 0.3) is 66.1 Å². The lowest BCUT2D eigenvalue weighted by atomic mass is 9.67. The van der Waals surface area contributed by atoms with Crippen LogP contribution in [0.3, 0.4) is 0 Å². The lowest BCUT2D eigenvalue weighted by Crippen LogP contribution is -2.28. The second-order valence-corrected chi connectivity index (χ2v) is 16.8. The van der Waals surface area contributed by atoms with E-state index in [9.17, 15) is 0 Å². The Morgan fingerprint density at radius 2 is 0.828 bits per heavy atom. The van der Waals surface area contributed by atoms with E-state index in [1.54, 1.807) is 0 Å². The molecule has 1 aliphatic carbocycles. The van der Waals surface area contributed by atoms with Gasteiger partial charge >= 0.3 is 0 Å². The van der Waals surface area contributed by atoms with Crippen molar-refractivity contribution in [1.29, 1.82) is 0 Å². The maximum atomic E-state index is 2.48. The van der Waals surface area contributed by atoms with E-state index >= 15 is 0 Å². The molecule has 0 spiro atoms. The minimum atomic E-state index is -0.579. The Bertz CT molecular complexity index is 3440. The average Bonchev–Trinajstić information content (AvgIpc) is 3.68. The Labute approximate surface area is 374 Å². The summed E-state index contributed by atoms with van der Waals surface area (Å²) in [5.74, 6) is 0. The van der Waals surface area contributed by atoms with Crippen LogP contribution in [0.15, 0.2) is 261 Å². The van der Waals surface area contributed by atoms with E-state index in [1.807, 2.05) is 0 Å². The van der Waals surface area contributed by atoms with Crippen molar-refractivity contribution < 1.29 is 0 Å². The van der Waals surface area contributed by atoms with Crippen LogP contribution >= 0.6 is 0 Å². The maximum Gasteiger partial charge on any atom is 0.0714 e. The molecule has 0 amide bonds. The Morgan fingerprint density at radius 3 is 1.59 bits per heavy atom. The highest BCUT2D eigenvalue weighted by molar-refractivity contribution is 5.99. The number of hydrogen-bond acceptors (Lipinski definition) is 1. The van der Waals surface area contributed by atoms with Gasteiger partial charge in [-0.3, -0.25) is 0 Å². The molecule has 64 heavy (non-hydrogen) atoms. The van der Waals surface area contributed by atoms with Crippen molar-refractivity contribution in [2.24, 2.45) is 0 Å². The van der Waals surface area contributed by atoms with Crippen molar-refractivity contribution in [1.82, 2.24) is 0 Å². The molecule has 1 heteroatoms. The third-order valence-corrected chi connectivity index (χ3v) is 13.3. The Balaban J connectivity index is 1.10. The molecule has 11 aromatic rings. The topological polar surface area (TPSA) is 3.24 Å². The van der Waals surface area contributed by atoms with Crippen LogP contribution < -0.4 is 4.90 Å². The van der Waals surface area contributed by atoms with E-state index in [-0.39, 0.29) is 0 Å². The summed E-state index contributed by atoms with van der Waals surface area (Å²) in [6.45, 7) is 0. The fraction of sp³-hybridized carbons (Fsp3) is 0.0159. The Kier molecular flexibility index (Phi) is 9.13. The van der Waals surface area contributed by atoms with Crippen LogP contribution in [0.5, 0.6) is 0 Å². The summed E-state index contributed by atoms with van der Waals surface area (Å²) in [6, 6.07) is 96.0. The fourth-order valence-electron chi connectivity index (χ4n) is 10.4. The molecule has 0 radical (unpaired) electrons. The van der Waals surface area contributed by atoms with Gasteiger partial charge in [-0.25, -0.2) is 0 Å². The molecule has 0 saturated carbocycles. The van der Waals surface area contributed by atoms with Gasteiger partial charge in [-0.1, -0.05) is 218 Å². The first kappa shape index (κ1) is 37.5. The molecule has 0 aromatic heterocycles. The highest BCUT2D eigenvalue weighted by Gasteiger charge is 2.47. The number of hydrogen-bond donors (Lipinski definition) is 0. The summed E-state index contributed by atoms with van der Waals surface area (Å²) >= 11 is 0. The first-order valence-electron chi connectivity index (χ1n) is 22.2. The fourth-order valence-corrected chi connectivity index (χ4v) is 10.4. The molecular formula is C63H43N. The predicted octanol–water partition coefficient (Wildman–Crippen LogP) is 16.8. The monoisotopic (exact) mass is 813 g/mol. The summed E-state index contributed by atoms with van der Waals surface area (Å²) < 4.78 is 0. The molecule has 0 saturated heterocycles. The van der Waals surface area contributed by atoms with Crippen molar-refractivity contribution in [3.05, 3.63) is 283 Å². The molecule has 0 atom stereocenters. The maximum absolute atomic E-state index is 2.48. The van der Waals surface area contributed by atoms with Crippen LogP contribution in [-0.2, 0) is 5.41 Å². The Morgan fingerprint density at radius 1 is 0.266 bits per heavy atom. The molecule has 1 nitrogen and oxygen atoms in total. The normalized spacial score (nSPS) is 12.5. The minimum absolute atomic E-state index is 0.579. The lowest BCUT2D eigenvalue weighted by Gasteiger charge is -2.35. The number of anilines is 3. The summed E-state index contributed by atoms with van der Waals surface area (Å²) in [5, 5.41) is 4.97. The van der Waals surface area contributed by atoms with E-state index in [0.717, 1.165) is 17.1 Å². The van der Waals surface area contributed by atoms with Crippen LogP contribution in [0, 0.1) is 0 Å². The standard InChI is InChI=1S/C63H43N/c1-4-18-47(19-5-1)58-31-16-32-60-62(58)59-40-39-55(43-61(59)63(60,51-24-6-2-7-25-51)52-26-8-3-9-27-52)64(53-37-35-45(36-38-53)49-34-33-44-17-10-11-21-48(44)41-49)54-28-14-23-50(42-54)57-30-15-22-46-20-12-13-29-56(46)57/h1-43H. The van der Waals surface area contributed by atoms with E-state index in [2.05, 4.69) is 266 Å². The molecule has 12 rings (SSSR count). The zero-order valence-electron chi connectivity index (χ0n) is 35.3. The second-order valence-electron chi connectivity index (χ2n) is 16.8. The van der Waals surface area contributed by atoms with Crippen LogP contribution in [0.1, 0.15) is 22.3 Å². The molecule has 11 aromatic carbocycles. The zero-order valence-corrected chi connectivity index (χ0v) is 35.3. The van der Waals surface area contributed by atoms with Gasteiger partial charge in [-0.2, -0.15) is 0 Å². The summed E-state index contributed by atoms with van der Waals surface area (Å²) in [7, 11) is 0. The van der Waals surface area contributed by atoms with Crippen LogP contribution in [-0.4, -0.2) is 0 Å². The highest BCUT2D eigenvalue weighted by atomic mass is 15.1. The first-order valence-corrected chi connectivity index (χ1v) is 22.2. The predicted molar refractivity (Wildman–Crippen MR) is 270 cm³/mol. The molecule has 0 unspecified atom stereocenters. The van der Waals surface area contributed by atoms with E-state index in [0.29, 0.717) is 0 Å². The molecule has 300 valence electrons. The van der Waals surface area contributed by atoms with E-state index < -0.39 is 5.41 Å². The SMILES string of the molecule is c1ccc(-c2cccc3c2-c2ccc(N(c4ccc(-c5ccc6ccccc6c5)cc4)c4cccc(-c5cccc6ccccc56)c4)cc2C3(c2ccccc2)c2ccccc2)cc1. The van der Waals surface area contributed by atoms with Gasteiger partial charge in [0.15, 0.2) is 0 Å². The molecular weight excluding hydrogens is 771 g/mol. The molecule has 0 fully saturated rings. The molecule has 0 N–H and O–H groups in total. The van der Waals surface area contributed by atoms with Gasteiger partial charge in [-0.15, -0.1) is 0 Å². The number of rotatable bonds is 8. The van der Waals surface area contributed by atoms with Crippen LogP contribution in [0.4, 0.5) is 17.1 Å². The molecule has 0 aliphatic heterocycles. The molecule has 0 bridgehead atoms. The Hall–Kier alpha value is -8.26. The third kappa shape index (κ3) is 6.16. The van der Waals surface area contributed by atoms with E-state index in [1.165, 1.54) is 88.3 Å². The van der Waals surface area contributed by atoms with Gasteiger partial charge < -0.3 is 4.90 Å². The smallest absolute Gasteiger partial charge is 0.0714 e. The molecule has 0 heterocycles. The lowest BCUT2D eigenvalue weighted by molar-refractivity contribution is 0.768. The average molecular weight is 814 g/mol. The van der Waals surface area contributed by atoms with Gasteiger partial charge in [0.25, 0.3) is 0 Å². The number of nitrogens with zero attached hydrogens (tertiary/aromatic N) is 1. The van der Waals surface area contributed by atoms with Crippen molar-refractivity contribution in [3.8, 4) is 44.5 Å². The van der Waals surface area contributed by atoms with Crippen molar-refractivity contribution >= 4 is 38.6 Å². The number of benzene rings is 11. The van der Waals surface area contributed by atoms with Crippen molar-refractivity contribution in [2.75, 3.05) is 4.90 Å². The van der Waals surface area contributed by atoms with E-state index in [4.69, 9.17) is 0 Å². The van der Waals surface area contributed by atoms with Gasteiger partial charge in [0.05, 0.1) is 5.41 Å². The highest BCUT2D eigenvalue weighted by Crippen LogP contribution is 2.59. The summed E-state index contributed by atoms with van der Waals surface area (Å²) in [6.07, 6.45) is 0. The number of fused-ring (bicyclic) bond motifs is 5. The van der Waals surface area contributed by atoms with Gasteiger partial charge in [0, 0.05) is 17.1 Å². The zero-order chi connectivity index (χ0) is 42.5. The largest absolute Gasteiger partial charge is 0.310 e. The molecule has 1 aliphatic rings. The van der Waals surface area contributed by atoms with Gasteiger partial charge in [-0.05, 0) is 131 Å². The summed E-state index contributed by atoms with van der Waals surface area (Å²) in [5.41, 5.74) is 17.5. The minimum Gasteiger partial charge on any atom is -0.310 e. The second kappa shape index (κ2) is 15.6.